The topological polar surface area (TPSA) is 71.0 Å². The molecule has 0 radical (unpaired) electrons. The monoisotopic (exact) mass is 405 g/mol. The standard InChI is InChI=1S/C23H24FN5O/c1-2-22(30)29-12-4-3-10-20(29)23-27-19(16-7-6-11-25-15-16)14-21(28-23)26-18-9-5-8-17(24)13-18/h5-9,11,13-15,20H,2-4,10,12H2,1H3,(H,26,27,28). The van der Waals surface area contributed by atoms with Gasteiger partial charge in [-0.3, -0.25) is 9.78 Å². The van der Waals surface area contributed by atoms with Crippen molar-refractivity contribution in [2.45, 2.75) is 38.6 Å². The van der Waals surface area contributed by atoms with Gasteiger partial charge < -0.3 is 10.2 Å². The average molecular weight is 405 g/mol. The first-order valence-corrected chi connectivity index (χ1v) is 10.3. The van der Waals surface area contributed by atoms with Gasteiger partial charge >= 0.3 is 0 Å². The summed E-state index contributed by atoms with van der Waals surface area (Å²) in [5.74, 6) is 0.930. The zero-order chi connectivity index (χ0) is 20.9. The Labute approximate surface area is 175 Å². The Morgan fingerprint density at radius 3 is 2.87 bits per heavy atom. The molecule has 1 fully saturated rings. The van der Waals surface area contributed by atoms with Crippen LogP contribution in [0.2, 0.25) is 0 Å². The number of nitrogens with zero attached hydrogens (tertiary/aromatic N) is 4. The molecular formula is C23H24FN5O. The van der Waals surface area contributed by atoms with E-state index in [0.29, 0.717) is 36.0 Å². The number of rotatable bonds is 5. The number of nitrogens with one attached hydrogen (secondary N) is 1. The first-order chi connectivity index (χ1) is 14.6. The van der Waals surface area contributed by atoms with Crippen LogP contribution in [0.4, 0.5) is 15.9 Å². The number of pyridine rings is 1. The molecule has 1 aliphatic rings. The fourth-order valence-electron chi connectivity index (χ4n) is 3.76. The lowest BCUT2D eigenvalue weighted by molar-refractivity contribution is -0.134. The molecule has 1 N–H and O–H groups in total. The summed E-state index contributed by atoms with van der Waals surface area (Å²) in [6.45, 7) is 2.59. The van der Waals surface area contributed by atoms with Crippen molar-refractivity contribution in [1.82, 2.24) is 19.9 Å². The van der Waals surface area contributed by atoms with E-state index in [2.05, 4.69) is 10.3 Å². The number of halogens is 1. The van der Waals surface area contributed by atoms with Gasteiger partial charge in [-0.15, -0.1) is 0 Å². The maximum atomic E-state index is 13.6. The number of benzene rings is 1. The van der Waals surface area contributed by atoms with Gasteiger partial charge in [-0.05, 0) is 49.6 Å². The third-order valence-electron chi connectivity index (χ3n) is 5.22. The smallest absolute Gasteiger partial charge is 0.222 e. The third kappa shape index (κ3) is 4.45. The minimum Gasteiger partial charge on any atom is -0.340 e. The Kier molecular flexibility index (Phi) is 5.97. The number of carbonyl (C=O) groups is 1. The minimum absolute atomic E-state index is 0.106. The summed E-state index contributed by atoms with van der Waals surface area (Å²) >= 11 is 0. The maximum Gasteiger partial charge on any atom is 0.222 e. The van der Waals surface area contributed by atoms with E-state index >= 15 is 0 Å². The predicted molar refractivity (Wildman–Crippen MR) is 114 cm³/mol. The Morgan fingerprint density at radius 1 is 1.20 bits per heavy atom. The van der Waals surface area contributed by atoms with Crippen LogP contribution in [0.3, 0.4) is 0 Å². The van der Waals surface area contributed by atoms with Gasteiger partial charge in [-0.1, -0.05) is 13.0 Å². The summed E-state index contributed by atoms with van der Waals surface area (Å²) in [7, 11) is 0. The van der Waals surface area contributed by atoms with Crippen molar-refractivity contribution < 1.29 is 9.18 Å². The largest absolute Gasteiger partial charge is 0.340 e. The molecule has 1 aromatic carbocycles. The van der Waals surface area contributed by atoms with Gasteiger partial charge in [-0.2, -0.15) is 0 Å². The van der Waals surface area contributed by atoms with Crippen molar-refractivity contribution in [2.75, 3.05) is 11.9 Å². The van der Waals surface area contributed by atoms with Crippen LogP contribution < -0.4 is 5.32 Å². The van der Waals surface area contributed by atoms with Crippen LogP contribution in [0.5, 0.6) is 0 Å². The van der Waals surface area contributed by atoms with Gasteiger partial charge in [0.2, 0.25) is 5.91 Å². The Morgan fingerprint density at radius 2 is 2.10 bits per heavy atom. The normalized spacial score (nSPS) is 16.3. The molecule has 0 saturated carbocycles. The van der Waals surface area contributed by atoms with E-state index < -0.39 is 0 Å². The van der Waals surface area contributed by atoms with Gasteiger partial charge in [0.25, 0.3) is 0 Å². The Hall–Kier alpha value is -3.35. The van der Waals surface area contributed by atoms with E-state index in [1.54, 1.807) is 24.5 Å². The van der Waals surface area contributed by atoms with Crippen molar-refractivity contribution in [3.63, 3.8) is 0 Å². The molecule has 1 unspecified atom stereocenters. The highest BCUT2D eigenvalue weighted by molar-refractivity contribution is 5.76. The number of likely N-dealkylation sites (tertiary alicyclic amines) is 1. The molecule has 3 heterocycles. The van der Waals surface area contributed by atoms with Gasteiger partial charge in [0.1, 0.15) is 11.6 Å². The molecule has 2 aromatic heterocycles. The van der Waals surface area contributed by atoms with Crippen molar-refractivity contribution >= 4 is 17.4 Å². The summed E-state index contributed by atoms with van der Waals surface area (Å²) < 4.78 is 13.6. The number of hydrogen-bond acceptors (Lipinski definition) is 5. The second-order valence-electron chi connectivity index (χ2n) is 7.33. The summed E-state index contributed by atoms with van der Waals surface area (Å²) in [6.07, 6.45) is 6.73. The molecule has 1 amide bonds. The summed E-state index contributed by atoms with van der Waals surface area (Å²) in [5, 5.41) is 3.18. The van der Waals surface area contributed by atoms with Crippen molar-refractivity contribution in [1.29, 1.82) is 0 Å². The second-order valence-corrected chi connectivity index (χ2v) is 7.33. The third-order valence-corrected chi connectivity index (χ3v) is 5.22. The fraction of sp³-hybridized carbons (Fsp3) is 0.304. The molecule has 1 aliphatic heterocycles. The highest BCUT2D eigenvalue weighted by Gasteiger charge is 2.29. The number of piperidine rings is 1. The molecule has 30 heavy (non-hydrogen) atoms. The van der Waals surface area contributed by atoms with Crippen LogP contribution in [0, 0.1) is 5.82 Å². The molecular weight excluding hydrogens is 381 g/mol. The van der Waals surface area contributed by atoms with Crippen LogP contribution >= 0.6 is 0 Å². The van der Waals surface area contributed by atoms with Crippen LogP contribution in [0.15, 0.2) is 54.9 Å². The molecule has 0 bridgehead atoms. The summed E-state index contributed by atoms with van der Waals surface area (Å²) in [6, 6.07) is 11.7. The molecule has 0 spiro atoms. The average Bonchev–Trinajstić information content (AvgIpc) is 2.79. The Balaban J connectivity index is 1.76. The number of amides is 1. The lowest BCUT2D eigenvalue weighted by Gasteiger charge is -2.35. The van der Waals surface area contributed by atoms with Crippen LogP contribution in [0.25, 0.3) is 11.3 Å². The SMILES string of the molecule is CCC(=O)N1CCCCC1c1nc(Nc2cccc(F)c2)cc(-c2cccnc2)n1. The van der Waals surface area contributed by atoms with E-state index in [1.807, 2.05) is 30.0 Å². The van der Waals surface area contributed by atoms with Crippen molar-refractivity contribution in [2.24, 2.45) is 0 Å². The first-order valence-electron chi connectivity index (χ1n) is 10.3. The number of aromatic nitrogens is 3. The van der Waals surface area contributed by atoms with Crippen molar-refractivity contribution in [3.8, 4) is 11.3 Å². The van der Waals surface area contributed by atoms with Gasteiger partial charge in [-0.25, -0.2) is 14.4 Å². The molecule has 1 saturated heterocycles. The number of anilines is 2. The van der Waals surface area contributed by atoms with Crippen LogP contribution in [0.1, 0.15) is 44.5 Å². The minimum atomic E-state index is -0.325. The molecule has 7 heteroatoms. The zero-order valence-corrected chi connectivity index (χ0v) is 16.9. The van der Waals surface area contributed by atoms with Gasteiger partial charge in [0.15, 0.2) is 5.82 Å². The van der Waals surface area contributed by atoms with E-state index in [9.17, 15) is 9.18 Å². The molecule has 0 aliphatic carbocycles. The molecule has 3 aromatic rings. The molecule has 1 atom stereocenters. The highest BCUT2D eigenvalue weighted by atomic mass is 19.1. The number of hydrogen-bond donors (Lipinski definition) is 1. The molecule has 6 nitrogen and oxygen atoms in total. The lowest BCUT2D eigenvalue weighted by atomic mass is 10.0. The first kappa shape index (κ1) is 19.9. The van der Waals surface area contributed by atoms with E-state index in [0.717, 1.165) is 24.8 Å². The van der Waals surface area contributed by atoms with E-state index in [1.165, 1.54) is 12.1 Å². The van der Waals surface area contributed by atoms with Crippen LogP contribution in [-0.4, -0.2) is 32.3 Å². The highest BCUT2D eigenvalue weighted by Crippen LogP contribution is 2.32. The molecule has 154 valence electrons. The lowest BCUT2D eigenvalue weighted by Crippen LogP contribution is -2.39. The van der Waals surface area contributed by atoms with Gasteiger partial charge in [0, 0.05) is 42.7 Å². The van der Waals surface area contributed by atoms with E-state index in [4.69, 9.17) is 9.97 Å². The second kappa shape index (κ2) is 8.98. The van der Waals surface area contributed by atoms with Crippen molar-refractivity contribution in [3.05, 3.63) is 66.5 Å². The van der Waals surface area contributed by atoms with E-state index in [-0.39, 0.29) is 17.8 Å². The fourth-order valence-corrected chi connectivity index (χ4v) is 3.76. The van der Waals surface area contributed by atoms with Crippen LogP contribution in [-0.2, 0) is 4.79 Å². The predicted octanol–water partition coefficient (Wildman–Crippen LogP) is 4.88. The Bertz CT molecular complexity index is 1030. The quantitative estimate of drug-likeness (QED) is 0.655. The number of carbonyl (C=O) groups excluding carboxylic acids is 1. The van der Waals surface area contributed by atoms with Gasteiger partial charge in [0.05, 0.1) is 11.7 Å². The molecule has 4 rings (SSSR count). The summed E-state index contributed by atoms with van der Waals surface area (Å²) in [5.41, 5.74) is 2.16. The zero-order valence-electron chi connectivity index (χ0n) is 16.9. The maximum absolute atomic E-state index is 13.6. The summed E-state index contributed by atoms with van der Waals surface area (Å²) in [4.78, 5) is 28.1.